The molecule has 20 heavy (non-hydrogen) atoms. The lowest BCUT2D eigenvalue weighted by Gasteiger charge is -1.93. The summed E-state index contributed by atoms with van der Waals surface area (Å²) >= 11 is 1.78. The fraction of sp³-hybridized carbons (Fsp3) is 0.118. The van der Waals surface area contributed by atoms with E-state index in [4.69, 9.17) is 0 Å². The first kappa shape index (κ1) is 12.7. The van der Waals surface area contributed by atoms with Crippen LogP contribution in [0.15, 0.2) is 42.5 Å². The lowest BCUT2D eigenvalue weighted by Crippen LogP contribution is -1.96. The van der Waals surface area contributed by atoms with E-state index in [1.54, 1.807) is 11.3 Å². The monoisotopic (exact) mass is 280 g/mol. The molecule has 0 N–H and O–H groups in total. The number of methoxy groups -OCH3 is 1. The normalized spacial score (nSPS) is 10.2. The summed E-state index contributed by atoms with van der Waals surface area (Å²) in [6.07, 6.45) is 0.124. The summed E-state index contributed by atoms with van der Waals surface area (Å²) in [4.78, 5) is 11.0. The third-order valence-corrected chi connectivity index (χ3v) is 4.22. The van der Waals surface area contributed by atoms with Gasteiger partial charge in [0.15, 0.2) is 0 Å². The molecule has 1 aromatic heterocycles. The van der Waals surface area contributed by atoms with Crippen LogP contribution in [0.3, 0.4) is 0 Å². The summed E-state index contributed by atoms with van der Waals surface area (Å²) in [5.74, 6) is 5.54. The summed E-state index contributed by atoms with van der Waals surface area (Å²) in [5.41, 5.74) is 0.921. The van der Waals surface area contributed by atoms with Gasteiger partial charge < -0.3 is 4.74 Å². The second kappa shape index (κ2) is 5.36. The number of esters is 1. The molecule has 3 rings (SSSR count). The summed E-state index contributed by atoms with van der Waals surface area (Å²) in [5, 5.41) is 2.47. The minimum absolute atomic E-state index is 0.124. The van der Waals surface area contributed by atoms with Crippen LogP contribution >= 0.6 is 11.3 Å². The maximum absolute atomic E-state index is 11.0. The van der Waals surface area contributed by atoms with Crippen LogP contribution < -0.4 is 0 Å². The minimum atomic E-state index is -0.306. The summed E-state index contributed by atoms with van der Waals surface area (Å²) < 4.78 is 7.10. The highest BCUT2D eigenvalue weighted by Gasteiger charge is 2.04. The zero-order chi connectivity index (χ0) is 13.9. The first-order valence-electron chi connectivity index (χ1n) is 6.25. The fourth-order valence-electron chi connectivity index (χ4n) is 2.09. The molecular formula is C17H12O2S. The van der Waals surface area contributed by atoms with Gasteiger partial charge in [-0.1, -0.05) is 30.0 Å². The van der Waals surface area contributed by atoms with E-state index in [9.17, 15) is 4.79 Å². The van der Waals surface area contributed by atoms with Gasteiger partial charge >= 0.3 is 5.97 Å². The van der Waals surface area contributed by atoms with Gasteiger partial charge in [0.2, 0.25) is 0 Å². The zero-order valence-corrected chi connectivity index (χ0v) is 11.8. The van der Waals surface area contributed by atoms with E-state index in [-0.39, 0.29) is 12.4 Å². The van der Waals surface area contributed by atoms with Crippen molar-refractivity contribution in [2.45, 2.75) is 6.42 Å². The van der Waals surface area contributed by atoms with Crippen LogP contribution in [-0.4, -0.2) is 13.1 Å². The van der Waals surface area contributed by atoms with Crippen LogP contribution in [0.2, 0.25) is 0 Å². The molecule has 0 unspecified atom stereocenters. The molecule has 2 nitrogen and oxygen atoms in total. The highest BCUT2D eigenvalue weighted by atomic mass is 32.1. The third-order valence-electron chi connectivity index (χ3n) is 3.07. The molecule has 0 aliphatic rings. The fourth-order valence-corrected chi connectivity index (χ4v) is 3.18. The van der Waals surface area contributed by atoms with Gasteiger partial charge in [-0.2, -0.15) is 0 Å². The molecular weight excluding hydrogens is 268 g/mol. The number of fused-ring (bicyclic) bond motifs is 3. The van der Waals surface area contributed by atoms with Gasteiger partial charge in [-0.15, -0.1) is 11.3 Å². The summed E-state index contributed by atoms with van der Waals surface area (Å²) in [6.45, 7) is 0. The van der Waals surface area contributed by atoms with E-state index in [0.717, 1.165) is 5.56 Å². The number of hydrogen-bond donors (Lipinski definition) is 0. The molecule has 3 aromatic rings. The van der Waals surface area contributed by atoms with Crippen molar-refractivity contribution in [3.05, 3.63) is 48.0 Å². The number of ether oxygens (including phenoxy) is 1. The number of hydrogen-bond acceptors (Lipinski definition) is 3. The first-order chi connectivity index (χ1) is 9.78. The predicted octanol–water partition coefficient (Wildman–Crippen LogP) is 3.97. The quantitative estimate of drug-likeness (QED) is 0.498. The van der Waals surface area contributed by atoms with Gasteiger partial charge in [0.25, 0.3) is 0 Å². The van der Waals surface area contributed by atoms with Crippen molar-refractivity contribution in [3.63, 3.8) is 0 Å². The molecule has 0 saturated carbocycles. The van der Waals surface area contributed by atoms with E-state index in [1.807, 2.05) is 12.1 Å². The standard InChI is InChI=1S/C17H12O2S/c1-19-17(18)8-4-5-12-9-10-16-14(11-12)13-6-2-3-7-15(13)20-16/h2-3,6-7,9-11H,8H2,1H3. The minimum Gasteiger partial charge on any atom is -0.468 e. The molecule has 0 amide bonds. The lowest BCUT2D eigenvalue weighted by atomic mass is 10.1. The Bertz CT molecular complexity index is 849. The molecule has 0 spiro atoms. The van der Waals surface area contributed by atoms with Crippen LogP contribution in [0.1, 0.15) is 12.0 Å². The highest BCUT2D eigenvalue weighted by molar-refractivity contribution is 7.25. The Labute approximate surface area is 121 Å². The topological polar surface area (TPSA) is 26.3 Å². The Balaban J connectivity index is 2.01. The molecule has 0 radical (unpaired) electrons. The highest BCUT2D eigenvalue weighted by Crippen LogP contribution is 2.33. The Kier molecular flexibility index (Phi) is 3.41. The van der Waals surface area contributed by atoms with Gasteiger partial charge in [0.05, 0.1) is 7.11 Å². The van der Waals surface area contributed by atoms with Crippen molar-refractivity contribution >= 4 is 37.5 Å². The average molecular weight is 280 g/mol. The van der Waals surface area contributed by atoms with Gasteiger partial charge in [-0.05, 0) is 24.3 Å². The first-order valence-corrected chi connectivity index (χ1v) is 7.06. The lowest BCUT2D eigenvalue weighted by molar-refractivity contribution is -0.139. The summed E-state index contributed by atoms with van der Waals surface area (Å²) in [6, 6.07) is 14.5. The van der Waals surface area contributed by atoms with Gasteiger partial charge in [0, 0.05) is 25.7 Å². The second-order valence-electron chi connectivity index (χ2n) is 4.36. The molecule has 0 saturated heterocycles. The van der Waals surface area contributed by atoms with Gasteiger partial charge in [-0.25, -0.2) is 0 Å². The largest absolute Gasteiger partial charge is 0.468 e. The van der Waals surface area contributed by atoms with Crippen LogP contribution in [-0.2, 0) is 9.53 Å². The van der Waals surface area contributed by atoms with E-state index in [1.165, 1.54) is 27.3 Å². The molecule has 1 heterocycles. The second-order valence-corrected chi connectivity index (χ2v) is 5.45. The SMILES string of the molecule is COC(=O)CC#Cc1ccc2sc3ccccc3c2c1. The Morgan fingerprint density at radius 2 is 1.95 bits per heavy atom. The van der Waals surface area contributed by atoms with Crippen LogP contribution in [0.25, 0.3) is 20.2 Å². The van der Waals surface area contributed by atoms with Gasteiger partial charge in [0.1, 0.15) is 6.42 Å². The third kappa shape index (κ3) is 2.38. The number of rotatable bonds is 1. The van der Waals surface area contributed by atoms with Crippen molar-refractivity contribution in [3.8, 4) is 11.8 Å². The van der Waals surface area contributed by atoms with E-state index in [0.29, 0.717) is 0 Å². The van der Waals surface area contributed by atoms with E-state index >= 15 is 0 Å². The number of carbonyl (C=O) groups excluding carboxylic acids is 1. The van der Waals surface area contributed by atoms with Crippen molar-refractivity contribution in [1.82, 2.24) is 0 Å². The van der Waals surface area contributed by atoms with Crippen LogP contribution in [0, 0.1) is 11.8 Å². The number of thiophene rings is 1. The van der Waals surface area contributed by atoms with Crippen LogP contribution in [0.4, 0.5) is 0 Å². The van der Waals surface area contributed by atoms with E-state index < -0.39 is 0 Å². The zero-order valence-electron chi connectivity index (χ0n) is 11.0. The molecule has 3 heteroatoms. The Hall–Kier alpha value is -2.31. The maximum Gasteiger partial charge on any atom is 0.317 e. The molecule has 98 valence electrons. The van der Waals surface area contributed by atoms with Crippen molar-refractivity contribution in [2.24, 2.45) is 0 Å². The summed E-state index contributed by atoms with van der Waals surface area (Å²) in [7, 11) is 1.37. The predicted molar refractivity (Wildman–Crippen MR) is 82.8 cm³/mol. The number of benzene rings is 2. The molecule has 0 atom stereocenters. The molecule has 0 aliphatic heterocycles. The average Bonchev–Trinajstić information content (AvgIpc) is 2.85. The molecule has 0 aliphatic carbocycles. The smallest absolute Gasteiger partial charge is 0.317 e. The van der Waals surface area contributed by atoms with E-state index in [2.05, 4.69) is 46.9 Å². The van der Waals surface area contributed by atoms with Crippen molar-refractivity contribution in [2.75, 3.05) is 7.11 Å². The Morgan fingerprint density at radius 1 is 1.15 bits per heavy atom. The van der Waals surface area contributed by atoms with Crippen LogP contribution in [0.5, 0.6) is 0 Å². The van der Waals surface area contributed by atoms with Crippen molar-refractivity contribution in [1.29, 1.82) is 0 Å². The van der Waals surface area contributed by atoms with Gasteiger partial charge in [-0.3, -0.25) is 4.79 Å². The molecule has 0 fully saturated rings. The molecule has 0 bridgehead atoms. The maximum atomic E-state index is 11.0. The van der Waals surface area contributed by atoms with Crippen molar-refractivity contribution < 1.29 is 9.53 Å². The number of carbonyl (C=O) groups is 1. The Morgan fingerprint density at radius 3 is 2.80 bits per heavy atom. The molecule has 2 aromatic carbocycles.